The molecule has 16 heavy (non-hydrogen) atoms. The van der Waals surface area contributed by atoms with Gasteiger partial charge in [-0.3, -0.25) is 0 Å². The highest BCUT2D eigenvalue weighted by Gasteiger charge is 2.21. The highest BCUT2D eigenvalue weighted by atomic mass is 16.3. The fraction of sp³-hybridized carbons (Fsp3) is 0.429. The van der Waals surface area contributed by atoms with Crippen LogP contribution in [0.15, 0.2) is 22.8 Å². The van der Waals surface area contributed by atoms with Gasteiger partial charge in [0, 0.05) is 23.5 Å². The van der Waals surface area contributed by atoms with Gasteiger partial charge in [0.15, 0.2) is 0 Å². The second-order valence-corrected chi connectivity index (χ2v) is 4.87. The molecule has 0 unspecified atom stereocenters. The Bertz CT molecular complexity index is 523. The van der Waals surface area contributed by atoms with Crippen LogP contribution in [-0.4, -0.2) is 6.04 Å². The standard InChI is InChI=1S/C14H17NO/c1-9-5-10(2)14-11(7-15-12-3-4-12)8-16-13(14)6-9/h5-6,8,12,15H,3-4,7H2,1-2H3. The van der Waals surface area contributed by atoms with Gasteiger partial charge in [-0.1, -0.05) is 6.07 Å². The summed E-state index contributed by atoms with van der Waals surface area (Å²) in [5.41, 5.74) is 4.89. The molecule has 1 aliphatic carbocycles. The molecule has 1 aromatic carbocycles. The van der Waals surface area contributed by atoms with E-state index in [1.807, 2.05) is 6.26 Å². The predicted octanol–water partition coefficient (Wildman–Crippen LogP) is 3.30. The van der Waals surface area contributed by atoms with Crippen LogP contribution in [0.4, 0.5) is 0 Å². The Kier molecular flexibility index (Phi) is 2.25. The minimum atomic E-state index is 0.746. The topological polar surface area (TPSA) is 25.2 Å². The zero-order chi connectivity index (χ0) is 11.1. The Morgan fingerprint density at radius 2 is 2.12 bits per heavy atom. The van der Waals surface area contributed by atoms with Gasteiger partial charge in [-0.25, -0.2) is 0 Å². The van der Waals surface area contributed by atoms with E-state index in [1.165, 1.54) is 34.9 Å². The molecule has 0 atom stereocenters. The SMILES string of the molecule is Cc1cc(C)c2c(CNC3CC3)coc2c1. The summed E-state index contributed by atoms with van der Waals surface area (Å²) in [5.74, 6) is 0. The molecule has 0 saturated heterocycles. The third-order valence-corrected chi connectivity index (χ3v) is 3.25. The van der Waals surface area contributed by atoms with Gasteiger partial charge in [0.1, 0.15) is 5.58 Å². The first kappa shape index (κ1) is 9.91. The average molecular weight is 215 g/mol. The van der Waals surface area contributed by atoms with Crippen molar-refractivity contribution in [1.29, 1.82) is 0 Å². The first-order chi connectivity index (χ1) is 7.74. The molecule has 0 aliphatic heterocycles. The maximum atomic E-state index is 5.62. The van der Waals surface area contributed by atoms with Crippen LogP contribution in [0.2, 0.25) is 0 Å². The van der Waals surface area contributed by atoms with Gasteiger partial charge in [0.25, 0.3) is 0 Å². The van der Waals surface area contributed by atoms with Gasteiger partial charge in [-0.05, 0) is 43.9 Å². The predicted molar refractivity (Wildman–Crippen MR) is 65.5 cm³/mol. The van der Waals surface area contributed by atoms with Crippen molar-refractivity contribution in [1.82, 2.24) is 5.32 Å². The van der Waals surface area contributed by atoms with Crippen LogP contribution in [0.1, 0.15) is 29.5 Å². The molecule has 2 nitrogen and oxygen atoms in total. The van der Waals surface area contributed by atoms with E-state index < -0.39 is 0 Å². The van der Waals surface area contributed by atoms with Crippen molar-refractivity contribution in [3.05, 3.63) is 35.1 Å². The van der Waals surface area contributed by atoms with Gasteiger partial charge >= 0.3 is 0 Å². The second kappa shape index (κ2) is 3.63. The van der Waals surface area contributed by atoms with Crippen molar-refractivity contribution in [2.75, 3.05) is 0 Å². The van der Waals surface area contributed by atoms with E-state index in [0.29, 0.717) is 0 Å². The number of nitrogens with one attached hydrogen (secondary N) is 1. The Morgan fingerprint density at radius 1 is 1.31 bits per heavy atom. The molecule has 1 heterocycles. The molecule has 0 spiro atoms. The molecule has 1 aromatic heterocycles. The van der Waals surface area contributed by atoms with Gasteiger partial charge in [-0.2, -0.15) is 0 Å². The Hall–Kier alpha value is -1.28. The molecule has 1 saturated carbocycles. The van der Waals surface area contributed by atoms with Gasteiger partial charge in [0.05, 0.1) is 6.26 Å². The summed E-state index contributed by atoms with van der Waals surface area (Å²) in [4.78, 5) is 0. The van der Waals surface area contributed by atoms with Crippen LogP contribution in [0.5, 0.6) is 0 Å². The Labute approximate surface area is 95.6 Å². The van der Waals surface area contributed by atoms with Crippen LogP contribution in [-0.2, 0) is 6.54 Å². The zero-order valence-electron chi connectivity index (χ0n) is 9.84. The lowest BCUT2D eigenvalue weighted by Gasteiger charge is -2.03. The fourth-order valence-corrected chi connectivity index (χ4v) is 2.30. The maximum absolute atomic E-state index is 5.62. The second-order valence-electron chi connectivity index (χ2n) is 4.87. The third kappa shape index (κ3) is 1.74. The van der Waals surface area contributed by atoms with E-state index in [1.54, 1.807) is 0 Å². The van der Waals surface area contributed by atoms with Crippen molar-refractivity contribution in [3.63, 3.8) is 0 Å². The van der Waals surface area contributed by atoms with E-state index >= 15 is 0 Å². The minimum absolute atomic E-state index is 0.746. The lowest BCUT2D eigenvalue weighted by Crippen LogP contribution is -2.14. The van der Waals surface area contributed by atoms with E-state index in [0.717, 1.165) is 18.2 Å². The van der Waals surface area contributed by atoms with E-state index in [2.05, 4.69) is 31.3 Å². The summed E-state index contributed by atoms with van der Waals surface area (Å²) in [5, 5.41) is 4.82. The zero-order valence-corrected chi connectivity index (χ0v) is 9.84. The third-order valence-electron chi connectivity index (χ3n) is 3.25. The first-order valence-electron chi connectivity index (χ1n) is 5.95. The molecular weight excluding hydrogens is 198 g/mol. The molecule has 2 heteroatoms. The van der Waals surface area contributed by atoms with Gasteiger partial charge < -0.3 is 9.73 Å². The van der Waals surface area contributed by atoms with Crippen molar-refractivity contribution >= 4 is 11.0 Å². The Balaban J connectivity index is 1.97. The molecule has 1 fully saturated rings. The van der Waals surface area contributed by atoms with Crippen LogP contribution >= 0.6 is 0 Å². The summed E-state index contributed by atoms with van der Waals surface area (Å²) in [6.07, 6.45) is 4.55. The highest BCUT2D eigenvalue weighted by Crippen LogP contribution is 2.27. The summed E-state index contributed by atoms with van der Waals surface area (Å²) in [6, 6.07) is 5.08. The number of hydrogen-bond donors (Lipinski definition) is 1. The number of aryl methyl sites for hydroxylation is 2. The lowest BCUT2D eigenvalue weighted by atomic mass is 10.0. The molecule has 2 aromatic rings. The lowest BCUT2D eigenvalue weighted by molar-refractivity contribution is 0.601. The van der Waals surface area contributed by atoms with E-state index in [-0.39, 0.29) is 0 Å². The van der Waals surface area contributed by atoms with Gasteiger partial charge in [-0.15, -0.1) is 0 Å². The fourth-order valence-electron chi connectivity index (χ4n) is 2.30. The van der Waals surface area contributed by atoms with E-state index in [9.17, 15) is 0 Å². The largest absolute Gasteiger partial charge is 0.464 e. The number of rotatable bonds is 3. The molecule has 3 rings (SSSR count). The smallest absolute Gasteiger partial charge is 0.134 e. The van der Waals surface area contributed by atoms with Crippen LogP contribution in [0.3, 0.4) is 0 Å². The van der Waals surface area contributed by atoms with Crippen LogP contribution in [0.25, 0.3) is 11.0 Å². The summed E-state index contributed by atoms with van der Waals surface area (Å²) >= 11 is 0. The highest BCUT2D eigenvalue weighted by molar-refractivity contribution is 5.85. The molecule has 0 radical (unpaired) electrons. The summed E-state index contributed by atoms with van der Waals surface area (Å²) < 4.78 is 5.62. The molecule has 0 bridgehead atoms. The van der Waals surface area contributed by atoms with Crippen molar-refractivity contribution in [3.8, 4) is 0 Å². The van der Waals surface area contributed by atoms with Crippen molar-refractivity contribution in [2.45, 2.75) is 39.3 Å². The van der Waals surface area contributed by atoms with Gasteiger partial charge in [0.2, 0.25) is 0 Å². The quantitative estimate of drug-likeness (QED) is 0.849. The number of hydrogen-bond acceptors (Lipinski definition) is 2. The molecule has 0 amide bonds. The molecular formula is C14H17NO. The maximum Gasteiger partial charge on any atom is 0.134 e. The van der Waals surface area contributed by atoms with Crippen molar-refractivity contribution < 1.29 is 4.42 Å². The normalized spacial score (nSPS) is 15.9. The van der Waals surface area contributed by atoms with E-state index in [4.69, 9.17) is 4.42 Å². The van der Waals surface area contributed by atoms with Crippen LogP contribution in [0, 0.1) is 13.8 Å². The average Bonchev–Trinajstić information content (AvgIpc) is 2.96. The molecule has 1 N–H and O–H groups in total. The molecule has 84 valence electrons. The molecule has 1 aliphatic rings. The minimum Gasteiger partial charge on any atom is -0.464 e. The number of benzene rings is 1. The number of furan rings is 1. The first-order valence-corrected chi connectivity index (χ1v) is 5.95. The Morgan fingerprint density at radius 3 is 2.88 bits per heavy atom. The number of fused-ring (bicyclic) bond motifs is 1. The van der Waals surface area contributed by atoms with Crippen molar-refractivity contribution in [2.24, 2.45) is 0 Å². The monoisotopic (exact) mass is 215 g/mol. The summed E-state index contributed by atoms with van der Waals surface area (Å²) in [6.45, 7) is 5.20. The summed E-state index contributed by atoms with van der Waals surface area (Å²) in [7, 11) is 0. The van der Waals surface area contributed by atoms with Crippen LogP contribution < -0.4 is 5.32 Å².